The van der Waals surface area contributed by atoms with Crippen molar-refractivity contribution >= 4 is 28.2 Å². The van der Waals surface area contributed by atoms with Gasteiger partial charge in [-0.3, -0.25) is 4.79 Å². The summed E-state index contributed by atoms with van der Waals surface area (Å²) >= 11 is 0.885. The molecule has 0 spiro atoms. The van der Waals surface area contributed by atoms with Crippen molar-refractivity contribution in [3.8, 4) is 0 Å². The number of carbonyl (C=O) groups excluding carboxylic acids is 1. The molecule has 0 saturated carbocycles. The Labute approximate surface area is 109 Å². The van der Waals surface area contributed by atoms with Gasteiger partial charge in [0.15, 0.2) is 9.90 Å². The molecule has 0 unspecified atom stereocenters. The third kappa shape index (κ3) is 2.44. The van der Waals surface area contributed by atoms with Gasteiger partial charge in [0, 0.05) is 11.9 Å². The number of rotatable bonds is 3. The molecule has 0 aliphatic rings. The van der Waals surface area contributed by atoms with Gasteiger partial charge in [0.05, 0.1) is 10.8 Å². The van der Waals surface area contributed by atoms with Crippen molar-refractivity contribution in [1.29, 1.82) is 0 Å². The van der Waals surface area contributed by atoms with E-state index in [-0.39, 0.29) is 9.90 Å². The van der Waals surface area contributed by atoms with E-state index >= 15 is 0 Å². The molecule has 1 heterocycles. The van der Waals surface area contributed by atoms with Crippen LogP contribution in [0.1, 0.15) is 10.5 Å². The zero-order valence-electron chi connectivity index (χ0n) is 9.21. The summed E-state index contributed by atoms with van der Waals surface area (Å²) in [5.41, 5.74) is 0.0326. The van der Waals surface area contributed by atoms with Crippen LogP contribution in [0.3, 0.4) is 0 Å². The normalized spacial score (nSPS) is 12.1. The third-order valence-electron chi connectivity index (χ3n) is 2.10. The van der Waals surface area contributed by atoms with Crippen LogP contribution in [0, 0.1) is 5.82 Å². The maximum atomic E-state index is 12.8. The highest BCUT2D eigenvalue weighted by Crippen LogP contribution is 2.22. The van der Waals surface area contributed by atoms with Gasteiger partial charge in [-0.25, -0.2) is 8.60 Å². The predicted octanol–water partition coefficient (Wildman–Crippen LogP) is 1.20. The average molecular weight is 285 g/mol. The summed E-state index contributed by atoms with van der Waals surface area (Å²) in [4.78, 5) is 11.9. The first kappa shape index (κ1) is 12.8. The number of nitrogens with zero attached hydrogens (tertiary/aromatic N) is 2. The van der Waals surface area contributed by atoms with E-state index in [9.17, 15) is 13.4 Å². The Kier molecular flexibility index (Phi) is 3.78. The van der Waals surface area contributed by atoms with E-state index in [1.165, 1.54) is 31.3 Å². The molecule has 0 saturated heterocycles. The van der Waals surface area contributed by atoms with Crippen molar-refractivity contribution in [2.45, 2.75) is 9.10 Å². The monoisotopic (exact) mass is 285 g/mol. The molecule has 2 aromatic rings. The van der Waals surface area contributed by atoms with Gasteiger partial charge >= 0.3 is 0 Å². The fraction of sp³-hybridized carbons (Fsp3) is 0.100. The minimum atomic E-state index is -1.59. The minimum absolute atomic E-state index is 0.0326. The molecular formula is C10H8FN3O2S2. The molecule has 94 valence electrons. The number of halogens is 1. The molecule has 1 amide bonds. The lowest BCUT2D eigenvalue weighted by Crippen LogP contribution is -2.19. The van der Waals surface area contributed by atoms with Crippen molar-refractivity contribution in [3.05, 3.63) is 35.8 Å². The van der Waals surface area contributed by atoms with Gasteiger partial charge in [-0.05, 0) is 35.8 Å². The number of amides is 1. The summed E-state index contributed by atoms with van der Waals surface area (Å²) < 4.78 is 28.8. The highest BCUT2D eigenvalue weighted by molar-refractivity contribution is 7.87. The fourth-order valence-electron chi connectivity index (χ4n) is 1.23. The molecule has 1 atom stereocenters. The van der Waals surface area contributed by atoms with E-state index in [1.54, 1.807) is 0 Å². The second-order valence-corrected chi connectivity index (χ2v) is 5.64. The molecule has 0 fully saturated rings. The van der Waals surface area contributed by atoms with Crippen molar-refractivity contribution < 1.29 is 13.4 Å². The van der Waals surface area contributed by atoms with Crippen LogP contribution in [0.2, 0.25) is 0 Å². The SMILES string of the molecule is CNC(=O)c1nnsc1[S@@](=O)c1ccc(F)cc1. The second kappa shape index (κ2) is 5.32. The number of nitrogens with one attached hydrogen (secondary N) is 1. The molecule has 2 rings (SSSR count). The van der Waals surface area contributed by atoms with E-state index in [4.69, 9.17) is 0 Å². The molecular weight excluding hydrogens is 277 g/mol. The Morgan fingerprint density at radius 1 is 1.39 bits per heavy atom. The summed E-state index contributed by atoms with van der Waals surface area (Å²) in [6.45, 7) is 0. The van der Waals surface area contributed by atoms with Gasteiger partial charge in [0.1, 0.15) is 5.82 Å². The third-order valence-corrected chi connectivity index (χ3v) is 4.53. The maximum Gasteiger partial charge on any atom is 0.273 e. The standard InChI is InChI=1S/C10H8FN3O2S2/c1-12-9(15)8-10(17-14-13-8)18(16)7-4-2-6(11)3-5-7/h2-5H,1H3,(H,12,15)/t18-/m0/s1. The van der Waals surface area contributed by atoms with Gasteiger partial charge < -0.3 is 5.32 Å². The first-order chi connectivity index (χ1) is 8.63. The predicted molar refractivity (Wildman–Crippen MR) is 64.4 cm³/mol. The lowest BCUT2D eigenvalue weighted by Gasteiger charge is -2.00. The molecule has 0 aliphatic heterocycles. The molecule has 1 aromatic carbocycles. The van der Waals surface area contributed by atoms with E-state index in [0.29, 0.717) is 4.90 Å². The number of hydrogen-bond donors (Lipinski definition) is 1. The Bertz CT molecular complexity index is 597. The molecule has 5 nitrogen and oxygen atoms in total. The number of hydrogen-bond acceptors (Lipinski definition) is 5. The van der Waals surface area contributed by atoms with E-state index in [0.717, 1.165) is 11.5 Å². The van der Waals surface area contributed by atoms with Gasteiger partial charge in [0.25, 0.3) is 5.91 Å². The Morgan fingerprint density at radius 3 is 2.67 bits per heavy atom. The van der Waals surface area contributed by atoms with Crippen LogP contribution in [0.15, 0.2) is 33.4 Å². The van der Waals surface area contributed by atoms with Crippen LogP contribution in [0.25, 0.3) is 0 Å². The molecule has 8 heteroatoms. The van der Waals surface area contributed by atoms with E-state index in [2.05, 4.69) is 14.9 Å². The van der Waals surface area contributed by atoms with Crippen LogP contribution < -0.4 is 5.32 Å². The number of aromatic nitrogens is 2. The molecule has 0 aliphatic carbocycles. The maximum absolute atomic E-state index is 12.8. The molecule has 18 heavy (non-hydrogen) atoms. The van der Waals surface area contributed by atoms with Crippen molar-refractivity contribution in [1.82, 2.24) is 14.9 Å². The van der Waals surface area contributed by atoms with Crippen molar-refractivity contribution in [2.24, 2.45) is 0 Å². The zero-order chi connectivity index (χ0) is 13.1. The second-order valence-electron chi connectivity index (χ2n) is 3.21. The highest BCUT2D eigenvalue weighted by atomic mass is 32.2. The van der Waals surface area contributed by atoms with E-state index in [1.807, 2.05) is 0 Å². The van der Waals surface area contributed by atoms with Crippen molar-refractivity contribution in [2.75, 3.05) is 7.05 Å². The summed E-state index contributed by atoms with van der Waals surface area (Å²) in [5.74, 6) is -0.862. The minimum Gasteiger partial charge on any atom is -0.354 e. The van der Waals surface area contributed by atoms with E-state index < -0.39 is 22.5 Å². The summed E-state index contributed by atoms with van der Waals surface area (Å²) in [6, 6.07) is 5.22. The van der Waals surface area contributed by atoms with Crippen LogP contribution in [-0.4, -0.2) is 26.8 Å². The van der Waals surface area contributed by atoms with Crippen LogP contribution in [0.4, 0.5) is 4.39 Å². The average Bonchev–Trinajstić information content (AvgIpc) is 2.87. The summed E-state index contributed by atoms with van der Waals surface area (Å²) in [6.07, 6.45) is 0. The van der Waals surface area contributed by atoms with Gasteiger partial charge in [-0.1, -0.05) is 4.49 Å². The highest BCUT2D eigenvalue weighted by Gasteiger charge is 2.21. The zero-order valence-corrected chi connectivity index (χ0v) is 10.8. The summed E-state index contributed by atoms with van der Waals surface area (Å²) in [5, 5.41) is 6.03. The van der Waals surface area contributed by atoms with Crippen molar-refractivity contribution in [3.63, 3.8) is 0 Å². The quantitative estimate of drug-likeness (QED) is 0.920. The summed E-state index contributed by atoms with van der Waals surface area (Å²) in [7, 11) is -0.141. The van der Waals surface area contributed by atoms with Gasteiger partial charge in [-0.15, -0.1) is 5.10 Å². The lowest BCUT2D eigenvalue weighted by atomic mass is 10.4. The first-order valence-corrected chi connectivity index (χ1v) is 6.77. The van der Waals surface area contributed by atoms with Crippen LogP contribution >= 0.6 is 11.5 Å². The van der Waals surface area contributed by atoms with Crippen LogP contribution in [0.5, 0.6) is 0 Å². The smallest absolute Gasteiger partial charge is 0.273 e. The Balaban J connectivity index is 2.37. The number of benzene rings is 1. The fourth-order valence-corrected chi connectivity index (χ4v) is 3.21. The Morgan fingerprint density at radius 2 is 2.06 bits per heavy atom. The van der Waals surface area contributed by atoms with Gasteiger partial charge in [0.2, 0.25) is 0 Å². The topological polar surface area (TPSA) is 72.0 Å². The molecule has 0 radical (unpaired) electrons. The van der Waals surface area contributed by atoms with Gasteiger partial charge in [-0.2, -0.15) is 0 Å². The molecule has 1 aromatic heterocycles. The number of carbonyl (C=O) groups is 1. The molecule has 0 bridgehead atoms. The largest absolute Gasteiger partial charge is 0.354 e. The van der Waals surface area contributed by atoms with Crippen LogP contribution in [-0.2, 0) is 10.8 Å². The first-order valence-electron chi connectivity index (χ1n) is 4.85. The molecule has 1 N–H and O–H groups in total. The lowest BCUT2D eigenvalue weighted by molar-refractivity contribution is 0.0955. The Hall–Kier alpha value is -1.67.